The van der Waals surface area contributed by atoms with Gasteiger partial charge in [-0.15, -0.1) is 0 Å². The number of aromatic nitrogens is 2. The number of para-hydroxylation sites is 4. The van der Waals surface area contributed by atoms with Crippen LogP contribution in [-0.2, 0) is 6.54 Å². The Kier molecular flexibility index (Phi) is 5.43. The third kappa shape index (κ3) is 4.09. The van der Waals surface area contributed by atoms with E-state index in [1.807, 2.05) is 60.4 Å². The molecule has 4 rings (SSSR count). The first-order valence-electron chi connectivity index (χ1n) is 9.66. The van der Waals surface area contributed by atoms with Crippen molar-refractivity contribution < 1.29 is 9.53 Å². The Balaban J connectivity index is 1.31. The van der Waals surface area contributed by atoms with Gasteiger partial charge >= 0.3 is 6.03 Å². The molecule has 2 N–H and O–H groups in total. The summed E-state index contributed by atoms with van der Waals surface area (Å²) in [6, 6.07) is 15.5. The maximum atomic E-state index is 12.6. The summed E-state index contributed by atoms with van der Waals surface area (Å²) >= 11 is 0. The number of nitrogens with one attached hydrogen (secondary N) is 2. The van der Waals surface area contributed by atoms with E-state index in [1.165, 1.54) is 0 Å². The van der Waals surface area contributed by atoms with Crippen molar-refractivity contribution in [2.45, 2.75) is 13.5 Å². The largest absolute Gasteiger partial charge is 0.492 e. The molecule has 0 saturated carbocycles. The van der Waals surface area contributed by atoms with Crippen molar-refractivity contribution in [1.29, 1.82) is 0 Å². The summed E-state index contributed by atoms with van der Waals surface area (Å²) in [7, 11) is 0. The number of H-pyrrole nitrogens is 1. The lowest BCUT2D eigenvalue weighted by Gasteiger charge is -2.34. The van der Waals surface area contributed by atoms with E-state index in [9.17, 15) is 4.79 Å². The average Bonchev–Trinajstić information content (AvgIpc) is 3.12. The number of anilines is 1. The number of amides is 2. The van der Waals surface area contributed by atoms with Crippen LogP contribution in [0.3, 0.4) is 0 Å². The maximum absolute atomic E-state index is 12.6. The molecule has 2 aromatic carbocycles. The van der Waals surface area contributed by atoms with Gasteiger partial charge in [-0.2, -0.15) is 0 Å². The highest BCUT2D eigenvalue weighted by Crippen LogP contribution is 2.24. The van der Waals surface area contributed by atoms with Gasteiger partial charge in [0.2, 0.25) is 0 Å². The fourth-order valence-electron chi connectivity index (χ4n) is 3.45. The molecule has 0 atom stereocenters. The van der Waals surface area contributed by atoms with Crippen LogP contribution in [0.2, 0.25) is 0 Å². The second-order valence-electron chi connectivity index (χ2n) is 6.82. The van der Waals surface area contributed by atoms with Gasteiger partial charge in [0.15, 0.2) is 0 Å². The number of carbonyl (C=O) groups is 1. The van der Waals surface area contributed by atoms with E-state index in [0.29, 0.717) is 31.1 Å². The van der Waals surface area contributed by atoms with Gasteiger partial charge in [-0.05, 0) is 31.2 Å². The smallest absolute Gasteiger partial charge is 0.322 e. The highest BCUT2D eigenvalue weighted by molar-refractivity contribution is 5.91. The molecule has 28 heavy (non-hydrogen) atoms. The van der Waals surface area contributed by atoms with Gasteiger partial charge in [0.1, 0.15) is 11.6 Å². The monoisotopic (exact) mass is 379 g/mol. The van der Waals surface area contributed by atoms with Crippen LogP contribution in [0.15, 0.2) is 48.5 Å². The predicted molar refractivity (Wildman–Crippen MR) is 110 cm³/mol. The summed E-state index contributed by atoms with van der Waals surface area (Å²) in [6.45, 7) is 6.26. The summed E-state index contributed by atoms with van der Waals surface area (Å²) in [4.78, 5) is 24.8. The third-order valence-electron chi connectivity index (χ3n) is 4.90. The number of carbonyl (C=O) groups excluding carboxylic acids is 1. The van der Waals surface area contributed by atoms with Crippen molar-refractivity contribution in [3.05, 3.63) is 54.4 Å². The second kappa shape index (κ2) is 8.31. The summed E-state index contributed by atoms with van der Waals surface area (Å²) in [6.07, 6.45) is 0. The zero-order valence-corrected chi connectivity index (χ0v) is 16.0. The molecule has 0 spiro atoms. The van der Waals surface area contributed by atoms with Crippen LogP contribution in [0.1, 0.15) is 12.7 Å². The van der Waals surface area contributed by atoms with Gasteiger partial charge in [0.05, 0.1) is 29.9 Å². The normalized spacial score (nSPS) is 15.0. The number of aromatic amines is 1. The van der Waals surface area contributed by atoms with Gasteiger partial charge in [0.25, 0.3) is 0 Å². The standard InChI is InChI=1S/C21H25N5O2/c1-2-28-19-10-6-5-9-18(19)24-21(27)26-13-11-25(12-14-26)15-20-22-16-7-3-4-8-17(16)23-20/h3-10H,2,11-15H2,1H3,(H,22,23)(H,24,27). The third-order valence-corrected chi connectivity index (χ3v) is 4.90. The molecule has 0 unspecified atom stereocenters. The molecule has 2 amide bonds. The number of piperazine rings is 1. The minimum absolute atomic E-state index is 0.0875. The molecule has 1 aromatic heterocycles. The first-order chi connectivity index (χ1) is 13.7. The Labute approximate surface area is 164 Å². The van der Waals surface area contributed by atoms with Crippen LogP contribution < -0.4 is 10.1 Å². The second-order valence-corrected chi connectivity index (χ2v) is 6.82. The number of hydrogen-bond acceptors (Lipinski definition) is 4. The van der Waals surface area contributed by atoms with E-state index in [0.717, 1.165) is 36.5 Å². The number of imidazole rings is 1. The molecule has 7 heteroatoms. The molecule has 0 radical (unpaired) electrons. The fourth-order valence-corrected chi connectivity index (χ4v) is 3.45. The molecule has 146 valence electrons. The number of urea groups is 1. The van der Waals surface area contributed by atoms with E-state index >= 15 is 0 Å². The molecule has 7 nitrogen and oxygen atoms in total. The van der Waals surface area contributed by atoms with Crippen molar-refractivity contribution in [3.8, 4) is 5.75 Å². The van der Waals surface area contributed by atoms with Crippen LogP contribution in [0.4, 0.5) is 10.5 Å². The summed E-state index contributed by atoms with van der Waals surface area (Å²) in [5.41, 5.74) is 2.76. The molecule has 1 aliphatic heterocycles. The van der Waals surface area contributed by atoms with Gasteiger partial charge < -0.3 is 19.9 Å². The Morgan fingerprint density at radius 2 is 1.86 bits per heavy atom. The minimum Gasteiger partial charge on any atom is -0.492 e. The SMILES string of the molecule is CCOc1ccccc1NC(=O)N1CCN(Cc2nc3ccccc3[nH]2)CC1. The highest BCUT2D eigenvalue weighted by atomic mass is 16.5. The van der Waals surface area contributed by atoms with E-state index in [2.05, 4.69) is 20.2 Å². The molecule has 2 heterocycles. The van der Waals surface area contributed by atoms with Crippen molar-refractivity contribution in [2.75, 3.05) is 38.1 Å². The molecule has 0 aliphatic carbocycles. The summed E-state index contributed by atoms with van der Waals surface area (Å²) < 4.78 is 5.58. The topological polar surface area (TPSA) is 73.5 Å². The minimum atomic E-state index is -0.0875. The molecular weight excluding hydrogens is 354 g/mol. The first kappa shape index (κ1) is 18.3. The number of fused-ring (bicyclic) bond motifs is 1. The molecule has 1 aliphatic rings. The van der Waals surface area contributed by atoms with E-state index in [-0.39, 0.29) is 6.03 Å². The van der Waals surface area contributed by atoms with Crippen molar-refractivity contribution >= 4 is 22.8 Å². The van der Waals surface area contributed by atoms with Gasteiger partial charge in [0, 0.05) is 26.2 Å². The lowest BCUT2D eigenvalue weighted by atomic mass is 10.3. The lowest BCUT2D eigenvalue weighted by Crippen LogP contribution is -2.49. The molecule has 1 saturated heterocycles. The zero-order valence-electron chi connectivity index (χ0n) is 16.0. The van der Waals surface area contributed by atoms with E-state index in [4.69, 9.17) is 4.74 Å². The van der Waals surface area contributed by atoms with Crippen LogP contribution >= 0.6 is 0 Å². The van der Waals surface area contributed by atoms with Crippen LogP contribution in [0, 0.1) is 0 Å². The lowest BCUT2D eigenvalue weighted by molar-refractivity contribution is 0.141. The fraction of sp³-hybridized carbons (Fsp3) is 0.333. The number of rotatable bonds is 5. The van der Waals surface area contributed by atoms with Gasteiger partial charge in [-0.3, -0.25) is 4.90 Å². The average molecular weight is 379 g/mol. The van der Waals surface area contributed by atoms with E-state index in [1.54, 1.807) is 0 Å². The molecular formula is C21H25N5O2. The first-order valence-corrected chi connectivity index (χ1v) is 9.66. The number of benzene rings is 2. The Morgan fingerprint density at radius 3 is 2.64 bits per heavy atom. The van der Waals surface area contributed by atoms with Crippen LogP contribution in [-0.4, -0.2) is 58.6 Å². The van der Waals surface area contributed by atoms with Crippen molar-refractivity contribution in [2.24, 2.45) is 0 Å². The zero-order chi connectivity index (χ0) is 19.3. The maximum Gasteiger partial charge on any atom is 0.322 e. The summed E-state index contributed by atoms with van der Waals surface area (Å²) in [5.74, 6) is 1.66. The highest BCUT2D eigenvalue weighted by Gasteiger charge is 2.22. The molecule has 0 bridgehead atoms. The number of ether oxygens (including phenoxy) is 1. The number of nitrogens with zero attached hydrogens (tertiary/aromatic N) is 3. The Hall–Kier alpha value is -3.06. The van der Waals surface area contributed by atoms with Crippen molar-refractivity contribution in [1.82, 2.24) is 19.8 Å². The Morgan fingerprint density at radius 1 is 1.11 bits per heavy atom. The van der Waals surface area contributed by atoms with Gasteiger partial charge in [-0.25, -0.2) is 9.78 Å². The molecule has 1 fully saturated rings. The van der Waals surface area contributed by atoms with Crippen molar-refractivity contribution in [3.63, 3.8) is 0 Å². The van der Waals surface area contributed by atoms with Crippen LogP contribution in [0.25, 0.3) is 11.0 Å². The quantitative estimate of drug-likeness (QED) is 0.713. The Bertz CT molecular complexity index is 914. The van der Waals surface area contributed by atoms with E-state index < -0.39 is 0 Å². The predicted octanol–water partition coefficient (Wildman–Crippen LogP) is 3.31. The number of hydrogen-bond donors (Lipinski definition) is 2. The summed E-state index contributed by atoms with van der Waals surface area (Å²) in [5, 5.41) is 2.97. The van der Waals surface area contributed by atoms with Crippen LogP contribution in [0.5, 0.6) is 5.75 Å². The van der Waals surface area contributed by atoms with Gasteiger partial charge in [-0.1, -0.05) is 24.3 Å². The molecule has 3 aromatic rings.